The average Bonchev–Trinajstić information content (AvgIpc) is 2.36. The number of rotatable bonds is 20. The van der Waals surface area contributed by atoms with Crippen molar-refractivity contribution < 1.29 is 44.2 Å². The highest BCUT2D eigenvalue weighted by Crippen LogP contribution is 2.36. The van der Waals surface area contributed by atoms with Crippen molar-refractivity contribution in [3.8, 4) is 0 Å². The van der Waals surface area contributed by atoms with Crippen molar-refractivity contribution in [1.82, 2.24) is 54.2 Å². The lowest BCUT2D eigenvalue weighted by Gasteiger charge is -2.29. The van der Waals surface area contributed by atoms with Crippen molar-refractivity contribution >= 4 is 39.7 Å². The predicted molar refractivity (Wildman–Crippen MR) is 330 cm³/mol. The number of aliphatic hydroxyl groups excluding tert-OH is 4. The number of fused-ring (bicyclic) bond motifs is 2. The highest BCUT2D eigenvalue weighted by atomic mass is 16.6. The SMILES string of the molecule is CN1CCC(=O)CC1.COC[C@H]1O[C@@H](n2cnc3c(NCC(c4ccccc4)c4ccccc4)nc(CN)nc32)[C@H](O)[C@@H]1O.COC[C@H]1O[C@@H](n2cnc3c(NCC(c4ccccc4)c4ccccc4)nc(CNC4CCN(C)CC4)nc32)[C@H](O)[C@@H]1O. The molecule has 4 aromatic carbocycles. The van der Waals surface area contributed by atoms with Crippen LogP contribution in [-0.2, 0) is 36.8 Å². The van der Waals surface area contributed by atoms with Crippen LogP contribution in [0.2, 0.25) is 0 Å². The molecular formula is C64H82N14O9. The first-order valence-electron chi connectivity index (χ1n) is 29.9. The summed E-state index contributed by atoms with van der Waals surface area (Å²) in [5, 5.41) is 53.2. The van der Waals surface area contributed by atoms with E-state index >= 15 is 0 Å². The fourth-order valence-corrected chi connectivity index (χ4v) is 11.5. The van der Waals surface area contributed by atoms with E-state index in [1.165, 1.54) is 42.8 Å². The molecule has 8 atom stereocenters. The van der Waals surface area contributed by atoms with Crippen LogP contribution in [-0.4, -0.2) is 199 Å². The molecule has 0 bridgehead atoms. The number of aliphatic hydroxyl groups is 4. The van der Waals surface area contributed by atoms with Crippen molar-refractivity contribution in [2.45, 2.75) is 106 Å². The molecule has 8 heterocycles. The molecule has 0 radical (unpaired) electrons. The number of nitrogens with two attached hydrogens (primary N) is 1. The summed E-state index contributed by atoms with van der Waals surface area (Å²) >= 11 is 0. The highest BCUT2D eigenvalue weighted by Gasteiger charge is 2.46. The molecule has 8 aromatic rings. The Labute approximate surface area is 506 Å². The summed E-state index contributed by atoms with van der Waals surface area (Å²) in [5.41, 5.74) is 12.7. The Hall–Kier alpha value is -7.23. The molecule has 0 spiro atoms. The van der Waals surface area contributed by atoms with Gasteiger partial charge in [0.2, 0.25) is 0 Å². The predicted octanol–water partition coefficient (Wildman–Crippen LogP) is 4.60. The molecule has 0 amide bonds. The molecule has 12 rings (SSSR count). The van der Waals surface area contributed by atoms with Gasteiger partial charge in [0.15, 0.2) is 46.4 Å². The van der Waals surface area contributed by atoms with Crippen LogP contribution in [0.5, 0.6) is 0 Å². The van der Waals surface area contributed by atoms with E-state index in [9.17, 15) is 25.2 Å². The van der Waals surface area contributed by atoms with Gasteiger partial charge in [0.1, 0.15) is 54.1 Å². The van der Waals surface area contributed by atoms with E-state index in [4.69, 9.17) is 34.6 Å². The van der Waals surface area contributed by atoms with Crippen LogP contribution in [0.4, 0.5) is 11.6 Å². The number of ether oxygens (including phenoxy) is 4. The van der Waals surface area contributed by atoms with Gasteiger partial charge in [-0.05, 0) is 62.3 Å². The summed E-state index contributed by atoms with van der Waals surface area (Å²) in [7, 11) is 7.25. The average molecular weight is 1190 g/mol. The summed E-state index contributed by atoms with van der Waals surface area (Å²) in [6.07, 6.45) is -0.803. The lowest BCUT2D eigenvalue weighted by Crippen LogP contribution is -2.40. The third-order valence-electron chi connectivity index (χ3n) is 16.6. The number of hydrogen-bond acceptors (Lipinski definition) is 21. The first kappa shape index (κ1) is 62.8. The molecule has 0 unspecified atom stereocenters. The van der Waals surface area contributed by atoms with Gasteiger partial charge in [-0.15, -0.1) is 0 Å². The number of piperidine rings is 2. The topological polar surface area (TPSA) is 291 Å². The number of likely N-dealkylation sites (tertiary alicyclic amines) is 2. The molecule has 23 heteroatoms. The van der Waals surface area contributed by atoms with E-state index in [2.05, 4.69) is 126 Å². The summed E-state index contributed by atoms with van der Waals surface area (Å²) < 4.78 is 25.5. The van der Waals surface area contributed by atoms with Gasteiger partial charge in [0.05, 0.1) is 39.0 Å². The molecule has 0 saturated carbocycles. The second-order valence-electron chi connectivity index (χ2n) is 22.6. The van der Waals surface area contributed by atoms with Crippen molar-refractivity contribution in [3.63, 3.8) is 0 Å². The Morgan fingerprint density at radius 2 is 0.954 bits per heavy atom. The first-order chi connectivity index (χ1) is 42.4. The van der Waals surface area contributed by atoms with Gasteiger partial charge < -0.3 is 70.9 Å². The number of imidazole rings is 2. The number of methoxy groups -OCH3 is 2. The number of hydrogen-bond donors (Lipinski definition) is 8. The number of nitrogens with one attached hydrogen (secondary N) is 3. The van der Waals surface area contributed by atoms with Crippen molar-refractivity contribution in [1.29, 1.82) is 0 Å². The van der Waals surface area contributed by atoms with Gasteiger partial charge in [0, 0.05) is 71.1 Å². The first-order valence-corrected chi connectivity index (χ1v) is 29.9. The van der Waals surface area contributed by atoms with Crippen molar-refractivity contribution in [3.05, 3.63) is 168 Å². The number of benzene rings is 4. The zero-order chi connectivity index (χ0) is 60.8. The van der Waals surface area contributed by atoms with Crippen LogP contribution in [0.25, 0.3) is 22.3 Å². The molecule has 4 fully saturated rings. The second kappa shape index (κ2) is 30.1. The number of carbonyl (C=O) groups excluding carboxylic acids is 1. The van der Waals surface area contributed by atoms with Gasteiger partial charge in [-0.2, -0.15) is 0 Å². The number of ketones is 1. The monoisotopic (exact) mass is 1190 g/mol. The minimum atomic E-state index is -1.17. The van der Waals surface area contributed by atoms with E-state index in [0.29, 0.717) is 77.1 Å². The molecule has 0 aliphatic carbocycles. The Morgan fingerprint density at radius 1 is 0.563 bits per heavy atom. The molecule has 9 N–H and O–H groups in total. The standard InChI is InChI=1S/C32H41N7O4.C26H30N6O4.C6H11NO/c1-38-15-13-23(14-16-38)33-18-26-36-30(34-17-24(21-9-5-3-6-10-21)22-11-7-4-8-12-22)27-31(37-26)39(20-35-27)32-29(41)28(40)25(43-32)19-42-2;1-35-14-19-22(33)23(34)26(36-19)32-15-29-21-24(30-20(12-27)31-25(21)32)28-13-18(16-8-4-2-5-9-16)17-10-6-3-7-11-17;1-7-4-2-6(8)3-5-7/h3-12,20,23-25,28-29,32-33,40-41H,13-19H2,1-2H3,(H,34,36,37);2-11,15,18-19,22-23,26,33-34H,12-14,27H2,1H3,(H,28,30,31);2-5H2,1H3/t25-,28-,29-,32-;19-,22-,23-,26-;/m11./s1. The molecular weight excluding hydrogens is 1110 g/mol. The van der Waals surface area contributed by atoms with Crippen LogP contribution in [0, 0.1) is 0 Å². The summed E-state index contributed by atoms with van der Waals surface area (Å²) in [6.45, 7) is 6.11. The summed E-state index contributed by atoms with van der Waals surface area (Å²) in [4.78, 5) is 43.3. The van der Waals surface area contributed by atoms with E-state index in [-0.39, 0.29) is 31.6 Å². The third-order valence-corrected chi connectivity index (χ3v) is 16.6. The Morgan fingerprint density at radius 3 is 1.34 bits per heavy atom. The fraction of sp³-hybridized carbons (Fsp3) is 0.453. The number of anilines is 2. The van der Waals surface area contributed by atoms with E-state index < -0.39 is 49.1 Å². The highest BCUT2D eigenvalue weighted by molar-refractivity contribution is 5.84. The lowest BCUT2D eigenvalue weighted by atomic mass is 9.91. The molecule has 4 aromatic heterocycles. The molecule has 23 nitrogen and oxygen atoms in total. The normalized spacial score (nSPS) is 22.8. The largest absolute Gasteiger partial charge is 0.387 e. The molecule has 4 saturated heterocycles. The van der Waals surface area contributed by atoms with Crippen LogP contribution in [0.15, 0.2) is 134 Å². The zero-order valence-corrected chi connectivity index (χ0v) is 49.8. The number of carbonyl (C=O) groups is 1. The van der Waals surface area contributed by atoms with Crippen molar-refractivity contribution in [2.75, 3.05) is 91.4 Å². The minimum absolute atomic E-state index is 0.0748. The van der Waals surface area contributed by atoms with Gasteiger partial charge in [-0.25, -0.2) is 29.9 Å². The van der Waals surface area contributed by atoms with E-state index in [0.717, 1.165) is 51.9 Å². The van der Waals surface area contributed by atoms with Crippen LogP contribution >= 0.6 is 0 Å². The quantitative estimate of drug-likeness (QED) is 0.0518. The Bertz CT molecular complexity index is 3330. The summed E-state index contributed by atoms with van der Waals surface area (Å²) in [5.74, 6) is 2.77. The number of aromatic nitrogens is 8. The maximum atomic E-state index is 10.9. The second-order valence-corrected chi connectivity index (χ2v) is 22.6. The smallest absolute Gasteiger partial charge is 0.168 e. The lowest BCUT2D eigenvalue weighted by molar-refractivity contribution is -0.121. The fourth-order valence-electron chi connectivity index (χ4n) is 11.5. The van der Waals surface area contributed by atoms with Crippen LogP contribution < -0.4 is 21.7 Å². The molecule has 4 aliphatic rings. The molecule has 87 heavy (non-hydrogen) atoms. The van der Waals surface area contributed by atoms with E-state index in [1.54, 1.807) is 15.5 Å². The third kappa shape index (κ3) is 15.4. The summed E-state index contributed by atoms with van der Waals surface area (Å²) in [6, 6.07) is 41.8. The zero-order valence-electron chi connectivity index (χ0n) is 49.8. The van der Waals surface area contributed by atoms with Gasteiger partial charge in [-0.1, -0.05) is 121 Å². The van der Waals surface area contributed by atoms with Crippen LogP contribution in [0.1, 0.15) is 83.9 Å². The van der Waals surface area contributed by atoms with Crippen LogP contribution in [0.3, 0.4) is 0 Å². The Kier molecular flexibility index (Phi) is 21.7. The minimum Gasteiger partial charge on any atom is -0.387 e. The number of Topliss-reactive ketones (excluding diaryl/α,β-unsaturated/α-hetero) is 1. The van der Waals surface area contributed by atoms with E-state index in [1.807, 2.05) is 55.6 Å². The maximum absolute atomic E-state index is 10.9. The van der Waals surface area contributed by atoms with Gasteiger partial charge in [-0.3, -0.25) is 13.9 Å². The molecule has 462 valence electrons. The van der Waals surface area contributed by atoms with Gasteiger partial charge in [0.25, 0.3) is 0 Å². The maximum Gasteiger partial charge on any atom is 0.168 e. The molecule has 4 aliphatic heterocycles. The Balaban J connectivity index is 0.000000172. The van der Waals surface area contributed by atoms with Crippen molar-refractivity contribution in [2.24, 2.45) is 5.73 Å². The van der Waals surface area contributed by atoms with Gasteiger partial charge >= 0.3 is 0 Å². The number of nitrogens with zero attached hydrogens (tertiary/aromatic N) is 10.